The lowest BCUT2D eigenvalue weighted by molar-refractivity contribution is 0.0999. The van der Waals surface area contributed by atoms with Crippen LogP contribution in [-0.4, -0.2) is 30.3 Å². The number of rotatable bonds is 6. The molecule has 1 N–H and O–H groups in total. The summed E-state index contributed by atoms with van der Waals surface area (Å²) < 4.78 is 5.44. The molecule has 2 atom stereocenters. The van der Waals surface area contributed by atoms with Gasteiger partial charge in [-0.05, 0) is 24.9 Å². The summed E-state index contributed by atoms with van der Waals surface area (Å²) in [6, 6.07) is 11.3. The summed E-state index contributed by atoms with van der Waals surface area (Å²) >= 11 is 2.12. The van der Waals surface area contributed by atoms with Gasteiger partial charge in [0.25, 0.3) is 0 Å². The summed E-state index contributed by atoms with van der Waals surface area (Å²) in [6.07, 6.45) is 2.39. The van der Waals surface area contributed by atoms with E-state index in [0.717, 1.165) is 25.0 Å². The van der Waals surface area contributed by atoms with E-state index in [1.165, 1.54) is 18.4 Å². The number of hydrogen-bond donors (Lipinski definition) is 1. The largest absolute Gasteiger partial charge is 0.381 e. The van der Waals surface area contributed by atoms with Gasteiger partial charge >= 0.3 is 0 Å². The van der Waals surface area contributed by atoms with Gasteiger partial charge in [-0.15, -0.1) is 0 Å². The summed E-state index contributed by atoms with van der Waals surface area (Å²) in [5.41, 5.74) is 1.40. The number of nitrogens with one attached hydrogen (secondary N) is 1. The van der Waals surface area contributed by atoms with Crippen LogP contribution in [0.2, 0.25) is 0 Å². The molecule has 1 heterocycles. The van der Waals surface area contributed by atoms with Gasteiger partial charge in [-0.3, -0.25) is 0 Å². The Morgan fingerprint density at radius 1 is 1.26 bits per heavy atom. The van der Waals surface area contributed by atoms with E-state index in [9.17, 15) is 0 Å². The summed E-state index contributed by atoms with van der Waals surface area (Å²) in [5, 5.41) is 4.98. The molecule has 0 aromatic heterocycles. The van der Waals surface area contributed by atoms with Crippen LogP contribution < -0.4 is 5.32 Å². The zero-order valence-corrected chi connectivity index (χ0v) is 12.8. The highest BCUT2D eigenvalue weighted by Crippen LogP contribution is 2.33. The van der Waals surface area contributed by atoms with Crippen molar-refractivity contribution >= 4 is 11.8 Å². The summed E-state index contributed by atoms with van der Waals surface area (Å²) in [5.74, 6) is 0. The fourth-order valence-electron chi connectivity index (χ4n) is 2.63. The van der Waals surface area contributed by atoms with Crippen molar-refractivity contribution in [3.05, 3.63) is 35.9 Å². The maximum atomic E-state index is 5.44. The molecule has 1 aliphatic rings. The average Bonchev–Trinajstić information content (AvgIpc) is 2.46. The first kappa shape index (κ1) is 14.9. The van der Waals surface area contributed by atoms with E-state index >= 15 is 0 Å². The summed E-state index contributed by atoms with van der Waals surface area (Å²) in [4.78, 5) is 0. The first-order chi connectivity index (χ1) is 9.31. The third-order valence-electron chi connectivity index (χ3n) is 3.63. The Kier molecular flexibility index (Phi) is 6.21. The Balaban J connectivity index is 1.97. The van der Waals surface area contributed by atoms with Gasteiger partial charge in [0.2, 0.25) is 0 Å². The first-order valence-electron chi connectivity index (χ1n) is 7.32. The van der Waals surface area contributed by atoms with Gasteiger partial charge in [0.15, 0.2) is 0 Å². The Labute approximate surface area is 121 Å². The van der Waals surface area contributed by atoms with Gasteiger partial charge in [-0.25, -0.2) is 0 Å². The lowest BCUT2D eigenvalue weighted by Gasteiger charge is -2.30. The average molecular weight is 279 g/mol. The maximum absolute atomic E-state index is 5.44. The van der Waals surface area contributed by atoms with Crippen LogP contribution in [0.1, 0.15) is 38.3 Å². The van der Waals surface area contributed by atoms with Crippen LogP contribution >= 0.6 is 11.8 Å². The number of ether oxygens (including phenoxy) is 1. The van der Waals surface area contributed by atoms with Crippen molar-refractivity contribution in [1.82, 2.24) is 5.32 Å². The van der Waals surface area contributed by atoms with E-state index < -0.39 is 0 Å². The van der Waals surface area contributed by atoms with E-state index in [-0.39, 0.29) is 0 Å². The minimum atomic E-state index is 0.444. The normalized spacial score (nSPS) is 20.1. The van der Waals surface area contributed by atoms with Crippen LogP contribution in [0.15, 0.2) is 30.3 Å². The van der Waals surface area contributed by atoms with Crippen LogP contribution in [0.5, 0.6) is 0 Å². The molecule has 1 saturated heterocycles. The minimum Gasteiger partial charge on any atom is -0.381 e. The number of thioether (sulfide) groups is 1. The van der Waals surface area contributed by atoms with E-state index in [1.807, 2.05) is 0 Å². The Bertz CT molecular complexity index is 351. The van der Waals surface area contributed by atoms with Crippen molar-refractivity contribution in [2.45, 2.75) is 43.2 Å². The Morgan fingerprint density at radius 2 is 1.95 bits per heavy atom. The van der Waals surface area contributed by atoms with Crippen LogP contribution in [-0.2, 0) is 4.74 Å². The zero-order chi connectivity index (χ0) is 13.5. The third kappa shape index (κ3) is 4.51. The molecule has 0 radical (unpaired) electrons. The van der Waals surface area contributed by atoms with Crippen LogP contribution in [0.4, 0.5) is 0 Å². The molecule has 1 fully saturated rings. The fraction of sp³-hybridized carbons (Fsp3) is 0.625. The SMILES string of the molecule is CCNC(c1ccccc1)C(C)SC1CCOCC1. The molecular weight excluding hydrogens is 254 g/mol. The van der Waals surface area contributed by atoms with Crippen molar-refractivity contribution in [2.24, 2.45) is 0 Å². The van der Waals surface area contributed by atoms with E-state index in [0.29, 0.717) is 11.3 Å². The molecule has 1 aromatic rings. The van der Waals surface area contributed by atoms with Gasteiger partial charge in [0, 0.05) is 29.8 Å². The Hall–Kier alpha value is -0.510. The molecule has 0 saturated carbocycles. The summed E-state index contributed by atoms with van der Waals surface area (Å²) in [6.45, 7) is 7.41. The first-order valence-corrected chi connectivity index (χ1v) is 8.27. The van der Waals surface area contributed by atoms with Gasteiger partial charge < -0.3 is 10.1 Å². The second-order valence-electron chi connectivity index (χ2n) is 5.10. The monoisotopic (exact) mass is 279 g/mol. The molecule has 2 unspecified atom stereocenters. The molecule has 0 spiro atoms. The number of benzene rings is 1. The van der Waals surface area contributed by atoms with Crippen molar-refractivity contribution < 1.29 is 4.74 Å². The molecule has 2 nitrogen and oxygen atoms in total. The maximum Gasteiger partial charge on any atom is 0.0476 e. The molecule has 1 aliphatic heterocycles. The number of hydrogen-bond acceptors (Lipinski definition) is 3. The quantitative estimate of drug-likeness (QED) is 0.859. The lowest BCUT2D eigenvalue weighted by atomic mass is 10.0. The highest BCUT2D eigenvalue weighted by molar-refractivity contribution is 8.00. The molecule has 19 heavy (non-hydrogen) atoms. The second kappa shape index (κ2) is 7.93. The molecule has 1 aromatic carbocycles. The smallest absolute Gasteiger partial charge is 0.0476 e. The minimum absolute atomic E-state index is 0.444. The van der Waals surface area contributed by atoms with E-state index in [4.69, 9.17) is 4.74 Å². The molecule has 2 rings (SSSR count). The van der Waals surface area contributed by atoms with Gasteiger partial charge in [0.1, 0.15) is 0 Å². The van der Waals surface area contributed by atoms with Gasteiger partial charge in [0.05, 0.1) is 0 Å². The molecule has 3 heteroatoms. The molecule has 106 valence electrons. The topological polar surface area (TPSA) is 21.3 Å². The zero-order valence-electron chi connectivity index (χ0n) is 12.0. The molecule has 0 aliphatic carbocycles. The molecule has 0 bridgehead atoms. The second-order valence-corrected chi connectivity index (χ2v) is 6.78. The predicted octanol–water partition coefficient (Wildman–Crippen LogP) is 3.64. The third-order valence-corrected chi connectivity index (χ3v) is 5.19. The predicted molar refractivity (Wildman–Crippen MR) is 83.8 cm³/mol. The van der Waals surface area contributed by atoms with E-state index in [2.05, 4.69) is 61.3 Å². The van der Waals surface area contributed by atoms with Crippen molar-refractivity contribution in [3.8, 4) is 0 Å². The van der Waals surface area contributed by atoms with Crippen molar-refractivity contribution in [3.63, 3.8) is 0 Å². The summed E-state index contributed by atoms with van der Waals surface area (Å²) in [7, 11) is 0. The van der Waals surface area contributed by atoms with Crippen LogP contribution in [0.25, 0.3) is 0 Å². The lowest BCUT2D eigenvalue weighted by Crippen LogP contribution is -2.30. The molecule has 0 amide bonds. The van der Waals surface area contributed by atoms with Crippen molar-refractivity contribution in [1.29, 1.82) is 0 Å². The highest BCUT2D eigenvalue weighted by atomic mass is 32.2. The van der Waals surface area contributed by atoms with Crippen LogP contribution in [0, 0.1) is 0 Å². The fourth-order valence-corrected chi connectivity index (χ4v) is 4.11. The standard InChI is InChI=1S/C16H25NOS/c1-3-17-16(14-7-5-4-6-8-14)13(2)19-15-9-11-18-12-10-15/h4-8,13,15-17H,3,9-12H2,1-2H3. The van der Waals surface area contributed by atoms with Crippen molar-refractivity contribution in [2.75, 3.05) is 19.8 Å². The Morgan fingerprint density at radius 3 is 2.58 bits per heavy atom. The van der Waals surface area contributed by atoms with Crippen LogP contribution in [0.3, 0.4) is 0 Å². The molecular formula is C16H25NOS. The van der Waals surface area contributed by atoms with Gasteiger partial charge in [-0.2, -0.15) is 11.8 Å². The highest BCUT2D eigenvalue weighted by Gasteiger charge is 2.23. The van der Waals surface area contributed by atoms with Gasteiger partial charge in [-0.1, -0.05) is 44.2 Å². The van der Waals surface area contributed by atoms with E-state index in [1.54, 1.807) is 0 Å².